The van der Waals surface area contributed by atoms with Gasteiger partial charge in [0.2, 0.25) is 0 Å². The highest BCUT2D eigenvalue weighted by atomic mass is 35.5. The van der Waals surface area contributed by atoms with Gasteiger partial charge in [0.15, 0.2) is 9.84 Å². The third-order valence-electron chi connectivity index (χ3n) is 3.88. The van der Waals surface area contributed by atoms with Crippen molar-refractivity contribution in [3.8, 4) is 22.4 Å². The Bertz CT molecular complexity index is 1070. The molecule has 0 aliphatic heterocycles. The summed E-state index contributed by atoms with van der Waals surface area (Å²) in [5.74, 6) is 0. The molecule has 2 aromatic carbocycles. The van der Waals surface area contributed by atoms with Gasteiger partial charge < -0.3 is 4.74 Å². The van der Waals surface area contributed by atoms with E-state index in [9.17, 15) is 13.2 Å². The van der Waals surface area contributed by atoms with E-state index in [0.29, 0.717) is 21.8 Å². The van der Waals surface area contributed by atoms with Crippen molar-refractivity contribution in [2.24, 2.45) is 0 Å². The molecule has 0 radical (unpaired) electrons. The Morgan fingerprint density at radius 2 is 1.67 bits per heavy atom. The lowest BCUT2D eigenvalue weighted by molar-refractivity contribution is 0.150. The summed E-state index contributed by atoms with van der Waals surface area (Å²) in [7, 11) is -3.30. The number of ether oxygens (including phenoxy) is 1. The minimum absolute atomic E-state index is 0.212. The molecule has 8 heteroatoms. The van der Waals surface area contributed by atoms with E-state index < -0.39 is 15.9 Å². The minimum atomic E-state index is -3.30. The molecule has 0 fully saturated rings. The number of carbonyl (C=O) groups excluding carboxylic acids is 1. The Hall–Kier alpha value is -2.64. The van der Waals surface area contributed by atoms with E-state index in [-0.39, 0.29) is 11.5 Å². The molecule has 1 aromatic heterocycles. The fourth-order valence-electron chi connectivity index (χ4n) is 2.57. The second kappa shape index (κ2) is 7.54. The first kappa shape index (κ1) is 19.1. The quantitative estimate of drug-likeness (QED) is 0.648. The van der Waals surface area contributed by atoms with Crippen molar-refractivity contribution < 1.29 is 17.9 Å². The van der Waals surface area contributed by atoms with Crippen molar-refractivity contribution >= 4 is 27.5 Å². The molecule has 0 N–H and O–H groups in total. The molecule has 6 nitrogen and oxygen atoms in total. The number of hydrogen-bond acceptors (Lipinski definition) is 5. The van der Waals surface area contributed by atoms with Gasteiger partial charge in [0.25, 0.3) is 0 Å². The number of benzene rings is 2. The molecule has 1 heterocycles. The molecular formula is C19H17ClN2O4S. The highest BCUT2D eigenvalue weighted by Crippen LogP contribution is 2.32. The van der Waals surface area contributed by atoms with E-state index in [0.717, 1.165) is 16.5 Å². The third-order valence-corrected chi connectivity index (χ3v) is 5.26. The Morgan fingerprint density at radius 1 is 1.07 bits per heavy atom. The first-order valence-electron chi connectivity index (χ1n) is 8.13. The van der Waals surface area contributed by atoms with Gasteiger partial charge in [-0.25, -0.2) is 13.2 Å². The van der Waals surface area contributed by atoms with Gasteiger partial charge in [0, 0.05) is 28.6 Å². The highest BCUT2D eigenvalue weighted by molar-refractivity contribution is 7.90. The molecule has 3 aromatic rings. The number of aromatic nitrogens is 2. The number of hydrogen-bond donors (Lipinski definition) is 0. The standard InChI is InChI=1S/C19H17ClN2O4S/c1-3-26-19(23)22-12-17(13-4-8-15(20)9-5-13)18(21-22)14-6-10-16(11-7-14)27(2,24)25/h4-12H,3H2,1-2H3. The van der Waals surface area contributed by atoms with Crippen molar-refractivity contribution in [1.82, 2.24) is 9.78 Å². The molecule has 0 aliphatic carbocycles. The SMILES string of the molecule is CCOC(=O)n1cc(-c2ccc(Cl)cc2)c(-c2ccc(S(C)(=O)=O)cc2)n1. The minimum Gasteiger partial charge on any atom is -0.448 e. The van der Waals surface area contributed by atoms with E-state index in [1.54, 1.807) is 37.4 Å². The Labute approximate surface area is 162 Å². The monoisotopic (exact) mass is 404 g/mol. The maximum Gasteiger partial charge on any atom is 0.434 e. The predicted molar refractivity (Wildman–Crippen MR) is 104 cm³/mol. The zero-order chi connectivity index (χ0) is 19.6. The highest BCUT2D eigenvalue weighted by Gasteiger charge is 2.18. The average molecular weight is 405 g/mol. The van der Waals surface area contributed by atoms with Crippen LogP contribution < -0.4 is 0 Å². The first-order valence-corrected chi connectivity index (χ1v) is 10.4. The Balaban J connectivity index is 2.12. The summed E-state index contributed by atoms with van der Waals surface area (Å²) >= 11 is 5.96. The summed E-state index contributed by atoms with van der Waals surface area (Å²) < 4.78 is 29.5. The topological polar surface area (TPSA) is 78.3 Å². The smallest absolute Gasteiger partial charge is 0.434 e. The van der Waals surface area contributed by atoms with Gasteiger partial charge in [-0.3, -0.25) is 0 Å². The van der Waals surface area contributed by atoms with Crippen LogP contribution in [-0.4, -0.2) is 37.2 Å². The van der Waals surface area contributed by atoms with E-state index >= 15 is 0 Å². The summed E-state index contributed by atoms with van der Waals surface area (Å²) in [6, 6.07) is 13.5. The maximum absolute atomic E-state index is 12.1. The summed E-state index contributed by atoms with van der Waals surface area (Å²) in [5.41, 5.74) is 2.73. The number of halogens is 1. The Morgan fingerprint density at radius 3 is 2.22 bits per heavy atom. The fourth-order valence-corrected chi connectivity index (χ4v) is 3.33. The molecule has 0 saturated heterocycles. The van der Waals surface area contributed by atoms with E-state index in [1.165, 1.54) is 12.1 Å². The van der Waals surface area contributed by atoms with E-state index in [2.05, 4.69) is 5.10 Å². The van der Waals surface area contributed by atoms with Crippen LogP contribution >= 0.6 is 11.6 Å². The van der Waals surface area contributed by atoms with Crippen LogP contribution in [0, 0.1) is 0 Å². The second-order valence-electron chi connectivity index (χ2n) is 5.84. The molecule has 3 rings (SSSR count). The van der Waals surface area contributed by atoms with Crippen LogP contribution in [0.2, 0.25) is 5.02 Å². The van der Waals surface area contributed by atoms with Gasteiger partial charge in [-0.2, -0.15) is 9.78 Å². The zero-order valence-electron chi connectivity index (χ0n) is 14.7. The lowest BCUT2D eigenvalue weighted by atomic mass is 10.0. The van der Waals surface area contributed by atoms with E-state index in [1.807, 2.05) is 12.1 Å². The molecule has 0 amide bonds. The van der Waals surface area contributed by atoms with Crippen LogP contribution in [0.3, 0.4) is 0 Å². The summed E-state index contributed by atoms with van der Waals surface area (Å²) in [6.07, 6.45) is 2.14. The number of rotatable bonds is 4. The first-order chi connectivity index (χ1) is 12.8. The summed E-state index contributed by atoms with van der Waals surface area (Å²) in [4.78, 5) is 12.3. The van der Waals surface area contributed by atoms with Crippen molar-refractivity contribution in [1.29, 1.82) is 0 Å². The number of nitrogens with zero attached hydrogens (tertiary/aromatic N) is 2. The molecule has 27 heavy (non-hydrogen) atoms. The van der Waals surface area contributed by atoms with E-state index in [4.69, 9.17) is 16.3 Å². The third kappa shape index (κ3) is 4.20. The molecule has 140 valence electrons. The zero-order valence-corrected chi connectivity index (χ0v) is 16.3. The number of carbonyl (C=O) groups is 1. The molecular weight excluding hydrogens is 388 g/mol. The molecule has 0 atom stereocenters. The van der Waals surface area contributed by atoms with Crippen molar-refractivity contribution in [2.75, 3.05) is 12.9 Å². The van der Waals surface area contributed by atoms with Gasteiger partial charge in [0.1, 0.15) is 5.69 Å². The fraction of sp³-hybridized carbons (Fsp3) is 0.158. The predicted octanol–water partition coefficient (Wildman–Crippen LogP) is 4.28. The molecule has 0 aliphatic rings. The van der Waals surface area contributed by atoms with Crippen LogP contribution in [0.15, 0.2) is 59.6 Å². The normalized spacial score (nSPS) is 11.4. The van der Waals surface area contributed by atoms with Crippen molar-refractivity contribution in [3.63, 3.8) is 0 Å². The lowest BCUT2D eigenvalue weighted by Gasteiger charge is -2.04. The maximum atomic E-state index is 12.1. The van der Waals surface area contributed by atoms with Gasteiger partial charge in [-0.15, -0.1) is 0 Å². The Kier molecular flexibility index (Phi) is 5.34. The second-order valence-corrected chi connectivity index (χ2v) is 8.29. The number of sulfone groups is 1. The van der Waals surface area contributed by atoms with Crippen LogP contribution in [0.5, 0.6) is 0 Å². The van der Waals surface area contributed by atoms with Crippen LogP contribution in [-0.2, 0) is 14.6 Å². The molecule has 0 spiro atoms. The van der Waals surface area contributed by atoms with Crippen molar-refractivity contribution in [3.05, 3.63) is 59.8 Å². The van der Waals surface area contributed by atoms with Gasteiger partial charge in [-0.1, -0.05) is 35.9 Å². The molecule has 0 unspecified atom stereocenters. The summed E-state index contributed by atoms with van der Waals surface area (Å²) in [5, 5.41) is 4.94. The van der Waals surface area contributed by atoms with Gasteiger partial charge in [-0.05, 0) is 36.8 Å². The van der Waals surface area contributed by atoms with Crippen LogP contribution in [0.4, 0.5) is 4.79 Å². The van der Waals surface area contributed by atoms with Crippen molar-refractivity contribution in [2.45, 2.75) is 11.8 Å². The van der Waals surface area contributed by atoms with Gasteiger partial charge >= 0.3 is 6.09 Å². The average Bonchev–Trinajstić information content (AvgIpc) is 3.07. The van der Waals surface area contributed by atoms with Gasteiger partial charge in [0.05, 0.1) is 11.5 Å². The summed E-state index contributed by atoms with van der Waals surface area (Å²) in [6.45, 7) is 1.94. The molecule has 0 saturated carbocycles. The van der Waals surface area contributed by atoms with Crippen LogP contribution in [0.1, 0.15) is 6.92 Å². The lowest BCUT2D eigenvalue weighted by Crippen LogP contribution is -2.13. The largest absolute Gasteiger partial charge is 0.448 e. The van der Waals surface area contributed by atoms with Crippen LogP contribution in [0.25, 0.3) is 22.4 Å². The molecule has 0 bridgehead atoms.